The lowest BCUT2D eigenvalue weighted by molar-refractivity contribution is 0.0692. The Balaban J connectivity index is 1.99. The maximum atomic E-state index is 11.1. The van der Waals surface area contributed by atoms with Gasteiger partial charge in [-0.3, -0.25) is 0 Å². The van der Waals surface area contributed by atoms with Gasteiger partial charge in [0.2, 0.25) is 0 Å². The Hall–Kier alpha value is -2.27. The quantitative estimate of drug-likeness (QED) is 0.765. The van der Waals surface area contributed by atoms with Gasteiger partial charge in [0.1, 0.15) is 5.03 Å². The molecule has 0 aliphatic rings. The highest BCUT2D eigenvalue weighted by Crippen LogP contribution is 2.30. The molecule has 0 aliphatic carbocycles. The third-order valence-corrected chi connectivity index (χ3v) is 3.67. The lowest BCUT2D eigenvalue weighted by Crippen LogP contribution is -1.99. The van der Waals surface area contributed by atoms with E-state index < -0.39 is 5.97 Å². The molecule has 94 valence electrons. The second-order valence-corrected chi connectivity index (χ2v) is 5.01. The zero-order valence-corrected chi connectivity index (χ0v) is 10.6. The summed E-state index contributed by atoms with van der Waals surface area (Å²) < 4.78 is 0. The molecule has 2 aromatic heterocycles. The molecule has 0 atom stereocenters. The van der Waals surface area contributed by atoms with Crippen LogP contribution in [0.25, 0.3) is 10.9 Å². The fraction of sp³-hybridized carbons (Fsp3) is 0. The largest absolute Gasteiger partial charge is 0.478 e. The summed E-state index contributed by atoms with van der Waals surface area (Å²) in [4.78, 5) is 18.5. The number of nitrogens with one attached hydrogen (secondary N) is 1. The molecule has 3 aromatic rings. The van der Waals surface area contributed by atoms with Gasteiger partial charge in [-0.1, -0.05) is 30.0 Å². The first-order chi connectivity index (χ1) is 9.24. The van der Waals surface area contributed by atoms with Gasteiger partial charge in [-0.05, 0) is 24.3 Å². The molecule has 2 heterocycles. The molecule has 0 unspecified atom stereocenters. The number of para-hydroxylation sites is 1. The van der Waals surface area contributed by atoms with Gasteiger partial charge in [0.25, 0.3) is 0 Å². The van der Waals surface area contributed by atoms with Gasteiger partial charge in [0.15, 0.2) is 0 Å². The Kier molecular flexibility index (Phi) is 2.97. The van der Waals surface area contributed by atoms with Crippen molar-refractivity contribution < 1.29 is 9.90 Å². The maximum absolute atomic E-state index is 11.1. The zero-order valence-electron chi connectivity index (χ0n) is 9.83. The van der Waals surface area contributed by atoms with Crippen molar-refractivity contribution in [3.8, 4) is 0 Å². The molecule has 0 aliphatic heterocycles. The number of H-pyrrole nitrogens is 1. The molecular formula is C14H10N2O2S. The molecule has 0 saturated carbocycles. The van der Waals surface area contributed by atoms with E-state index in [1.807, 2.05) is 30.3 Å². The van der Waals surface area contributed by atoms with E-state index in [1.165, 1.54) is 11.8 Å². The number of aromatic carboxylic acids is 1. The molecule has 0 bridgehead atoms. The molecule has 0 amide bonds. The minimum absolute atomic E-state index is 0.214. The molecule has 5 heteroatoms. The van der Waals surface area contributed by atoms with Crippen molar-refractivity contribution in [3.05, 3.63) is 54.2 Å². The third-order valence-electron chi connectivity index (χ3n) is 2.71. The minimum atomic E-state index is -0.966. The van der Waals surface area contributed by atoms with Crippen molar-refractivity contribution in [2.24, 2.45) is 0 Å². The Morgan fingerprint density at radius 3 is 2.84 bits per heavy atom. The van der Waals surface area contributed by atoms with E-state index in [2.05, 4.69) is 9.97 Å². The van der Waals surface area contributed by atoms with Crippen LogP contribution in [-0.2, 0) is 0 Å². The summed E-state index contributed by atoms with van der Waals surface area (Å²) in [6.45, 7) is 0. The van der Waals surface area contributed by atoms with Crippen LogP contribution in [0.4, 0.5) is 0 Å². The van der Waals surface area contributed by atoms with E-state index in [-0.39, 0.29) is 5.56 Å². The van der Waals surface area contributed by atoms with E-state index in [0.29, 0.717) is 5.03 Å². The van der Waals surface area contributed by atoms with Crippen LogP contribution < -0.4 is 0 Å². The molecule has 4 nitrogen and oxygen atoms in total. The fourth-order valence-electron chi connectivity index (χ4n) is 1.84. The standard InChI is InChI=1S/C14H10N2O2S/c17-14(18)10-5-3-7-15-13(10)19-12-8-9-4-1-2-6-11(9)16-12/h1-8,16H,(H,17,18). The predicted molar refractivity (Wildman–Crippen MR) is 73.6 cm³/mol. The van der Waals surface area contributed by atoms with Crippen molar-refractivity contribution in [1.82, 2.24) is 9.97 Å². The van der Waals surface area contributed by atoms with Crippen molar-refractivity contribution in [2.45, 2.75) is 10.1 Å². The zero-order chi connectivity index (χ0) is 13.2. The Labute approximate surface area is 113 Å². The average molecular weight is 270 g/mol. The average Bonchev–Trinajstić information content (AvgIpc) is 2.81. The van der Waals surface area contributed by atoms with Crippen LogP contribution in [0, 0.1) is 0 Å². The molecule has 0 spiro atoms. The van der Waals surface area contributed by atoms with E-state index in [9.17, 15) is 4.79 Å². The number of carboxylic acids is 1. The van der Waals surface area contributed by atoms with Gasteiger partial charge in [0.05, 0.1) is 10.6 Å². The van der Waals surface area contributed by atoms with Gasteiger partial charge in [0, 0.05) is 17.1 Å². The topological polar surface area (TPSA) is 66.0 Å². The number of pyridine rings is 1. The van der Waals surface area contributed by atoms with E-state index in [0.717, 1.165) is 15.9 Å². The summed E-state index contributed by atoms with van der Waals surface area (Å²) in [6, 6.07) is 13.1. The van der Waals surface area contributed by atoms with E-state index in [1.54, 1.807) is 18.3 Å². The fourth-order valence-corrected chi connectivity index (χ4v) is 2.77. The second kappa shape index (κ2) is 4.78. The highest BCUT2D eigenvalue weighted by molar-refractivity contribution is 7.99. The monoisotopic (exact) mass is 270 g/mol. The molecule has 1 aromatic carbocycles. The van der Waals surface area contributed by atoms with Gasteiger partial charge in [-0.15, -0.1) is 0 Å². The van der Waals surface area contributed by atoms with Crippen molar-refractivity contribution in [3.63, 3.8) is 0 Å². The highest BCUT2D eigenvalue weighted by Gasteiger charge is 2.12. The lowest BCUT2D eigenvalue weighted by Gasteiger charge is -2.01. The van der Waals surface area contributed by atoms with Crippen LogP contribution in [0.15, 0.2) is 58.7 Å². The van der Waals surface area contributed by atoms with Crippen LogP contribution in [0.3, 0.4) is 0 Å². The van der Waals surface area contributed by atoms with Crippen molar-refractivity contribution in [1.29, 1.82) is 0 Å². The molecule has 3 rings (SSSR count). The SMILES string of the molecule is O=C(O)c1cccnc1Sc1cc2ccccc2[nH]1. The lowest BCUT2D eigenvalue weighted by atomic mass is 10.3. The number of hydrogen-bond donors (Lipinski definition) is 2. The van der Waals surface area contributed by atoms with Crippen LogP contribution >= 0.6 is 11.8 Å². The normalized spacial score (nSPS) is 10.7. The maximum Gasteiger partial charge on any atom is 0.338 e. The van der Waals surface area contributed by atoms with Crippen LogP contribution in [0.2, 0.25) is 0 Å². The van der Waals surface area contributed by atoms with Crippen LogP contribution in [0.1, 0.15) is 10.4 Å². The smallest absolute Gasteiger partial charge is 0.338 e. The number of carbonyl (C=O) groups is 1. The first-order valence-electron chi connectivity index (χ1n) is 5.68. The van der Waals surface area contributed by atoms with Crippen LogP contribution in [0.5, 0.6) is 0 Å². The summed E-state index contributed by atoms with van der Waals surface area (Å²) >= 11 is 1.32. The Bertz CT molecular complexity index is 719. The number of aromatic amines is 1. The first kappa shape index (κ1) is 11.8. The third kappa shape index (κ3) is 2.32. The molecular weight excluding hydrogens is 260 g/mol. The Morgan fingerprint density at radius 1 is 1.21 bits per heavy atom. The predicted octanol–water partition coefficient (Wildman–Crippen LogP) is 3.41. The summed E-state index contributed by atoms with van der Waals surface area (Å²) in [7, 11) is 0. The molecule has 0 saturated heterocycles. The summed E-state index contributed by atoms with van der Waals surface area (Å²) in [6.07, 6.45) is 1.59. The summed E-state index contributed by atoms with van der Waals surface area (Å²) in [5.41, 5.74) is 1.24. The summed E-state index contributed by atoms with van der Waals surface area (Å²) in [5, 5.41) is 11.6. The molecule has 0 fully saturated rings. The van der Waals surface area contributed by atoms with Crippen molar-refractivity contribution >= 4 is 28.6 Å². The van der Waals surface area contributed by atoms with Crippen LogP contribution in [-0.4, -0.2) is 21.0 Å². The van der Waals surface area contributed by atoms with Gasteiger partial charge < -0.3 is 10.1 Å². The number of benzene rings is 1. The Morgan fingerprint density at radius 2 is 2.05 bits per heavy atom. The first-order valence-corrected chi connectivity index (χ1v) is 6.49. The number of fused-ring (bicyclic) bond motifs is 1. The molecule has 2 N–H and O–H groups in total. The number of carboxylic acid groups (broad SMARTS) is 1. The summed E-state index contributed by atoms with van der Waals surface area (Å²) in [5.74, 6) is -0.966. The minimum Gasteiger partial charge on any atom is -0.478 e. The molecule has 0 radical (unpaired) electrons. The number of aromatic nitrogens is 2. The number of hydrogen-bond acceptors (Lipinski definition) is 3. The van der Waals surface area contributed by atoms with Gasteiger partial charge in [-0.2, -0.15) is 0 Å². The number of rotatable bonds is 3. The number of nitrogens with zero attached hydrogens (tertiary/aromatic N) is 1. The van der Waals surface area contributed by atoms with Gasteiger partial charge in [-0.25, -0.2) is 9.78 Å². The highest BCUT2D eigenvalue weighted by atomic mass is 32.2. The van der Waals surface area contributed by atoms with E-state index in [4.69, 9.17) is 5.11 Å². The van der Waals surface area contributed by atoms with E-state index >= 15 is 0 Å². The second-order valence-electron chi connectivity index (χ2n) is 3.98. The van der Waals surface area contributed by atoms with Gasteiger partial charge >= 0.3 is 5.97 Å². The van der Waals surface area contributed by atoms with Crippen molar-refractivity contribution in [2.75, 3.05) is 0 Å². The molecule has 19 heavy (non-hydrogen) atoms.